The van der Waals surface area contributed by atoms with E-state index >= 15 is 0 Å². The van der Waals surface area contributed by atoms with Crippen molar-refractivity contribution in [1.29, 1.82) is 0 Å². The zero-order valence-corrected chi connectivity index (χ0v) is 19.6. The zero-order chi connectivity index (χ0) is 23.5. The molecule has 2 amide bonds. The summed E-state index contributed by atoms with van der Waals surface area (Å²) in [6, 6.07) is 5.63. The van der Waals surface area contributed by atoms with E-state index in [0.717, 1.165) is 56.0 Å². The number of carbonyl (C=O) groups excluding carboxylic acids is 2. The summed E-state index contributed by atoms with van der Waals surface area (Å²) in [6.45, 7) is 8.39. The van der Waals surface area contributed by atoms with E-state index in [1.54, 1.807) is 17.9 Å². The van der Waals surface area contributed by atoms with Crippen molar-refractivity contribution in [3.8, 4) is 0 Å². The Morgan fingerprint density at radius 1 is 1.09 bits per heavy atom. The Hall–Kier alpha value is -3.20. The number of nitrogens with one attached hydrogen (secondary N) is 1. The van der Waals surface area contributed by atoms with Crippen molar-refractivity contribution in [2.24, 2.45) is 5.92 Å². The molecule has 0 saturated carbocycles. The molecular weight excluding hydrogens is 418 g/mol. The van der Waals surface area contributed by atoms with Crippen LogP contribution in [-0.4, -0.2) is 71.4 Å². The number of likely N-dealkylation sites (tertiary alicyclic amines) is 1. The first-order valence-electron chi connectivity index (χ1n) is 11.6. The molecule has 3 N–H and O–H groups in total. The average molecular weight is 452 g/mol. The SMILES string of the molecule is Cc1cc(NC(=O)C(=O)N2C[C@H](C)CC[C@H]2c2ccc(N3CCN(C)CC3)nc2)cnc1N. The summed E-state index contributed by atoms with van der Waals surface area (Å²) < 4.78 is 0. The first-order chi connectivity index (χ1) is 15.8. The number of pyridine rings is 2. The molecule has 4 heterocycles. The molecule has 0 aliphatic carbocycles. The van der Waals surface area contributed by atoms with Gasteiger partial charge in [0.1, 0.15) is 11.6 Å². The highest BCUT2D eigenvalue weighted by molar-refractivity contribution is 6.39. The number of rotatable bonds is 3. The molecule has 2 saturated heterocycles. The molecule has 2 atom stereocenters. The van der Waals surface area contributed by atoms with E-state index in [-0.39, 0.29) is 6.04 Å². The van der Waals surface area contributed by atoms with Crippen LogP contribution in [0, 0.1) is 12.8 Å². The molecule has 2 aromatic rings. The molecule has 9 heteroatoms. The van der Waals surface area contributed by atoms with Gasteiger partial charge in [0.25, 0.3) is 0 Å². The van der Waals surface area contributed by atoms with Gasteiger partial charge in [-0.15, -0.1) is 0 Å². The Morgan fingerprint density at radius 3 is 2.52 bits per heavy atom. The summed E-state index contributed by atoms with van der Waals surface area (Å²) in [4.78, 5) is 41.0. The molecule has 0 unspecified atom stereocenters. The minimum Gasteiger partial charge on any atom is -0.383 e. The van der Waals surface area contributed by atoms with Crippen LogP contribution in [0.15, 0.2) is 30.6 Å². The third kappa shape index (κ3) is 5.24. The van der Waals surface area contributed by atoms with E-state index in [4.69, 9.17) is 10.7 Å². The molecule has 9 nitrogen and oxygen atoms in total. The van der Waals surface area contributed by atoms with Crippen molar-refractivity contribution in [2.45, 2.75) is 32.7 Å². The second kappa shape index (κ2) is 9.74. The lowest BCUT2D eigenvalue weighted by molar-refractivity contribution is -0.146. The van der Waals surface area contributed by atoms with E-state index in [2.05, 4.69) is 34.1 Å². The number of nitrogens with zero attached hydrogens (tertiary/aromatic N) is 5. The molecule has 0 radical (unpaired) electrons. The molecule has 2 aliphatic heterocycles. The molecule has 0 aromatic carbocycles. The number of amides is 2. The van der Waals surface area contributed by atoms with Gasteiger partial charge in [-0.3, -0.25) is 9.59 Å². The number of nitrogens with two attached hydrogens (primary N) is 1. The Morgan fingerprint density at radius 2 is 1.85 bits per heavy atom. The van der Waals surface area contributed by atoms with Crippen LogP contribution in [0.3, 0.4) is 0 Å². The molecule has 0 spiro atoms. The minimum absolute atomic E-state index is 0.167. The minimum atomic E-state index is -0.665. The number of hydrogen-bond donors (Lipinski definition) is 2. The van der Waals surface area contributed by atoms with Gasteiger partial charge in [-0.1, -0.05) is 13.0 Å². The van der Waals surface area contributed by atoms with Crippen LogP contribution >= 0.6 is 0 Å². The number of piperidine rings is 1. The molecule has 2 aromatic heterocycles. The van der Waals surface area contributed by atoms with E-state index in [1.807, 2.05) is 18.3 Å². The monoisotopic (exact) mass is 451 g/mol. The number of anilines is 3. The molecular formula is C24H33N7O2. The summed E-state index contributed by atoms with van der Waals surface area (Å²) in [5, 5.41) is 2.68. The van der Waals surface area contributed by atoms with E-state index in [1.165, 1.54) is 6.20 Å². The van der Waals surface area contributed by atoms with Crippen molar-refractivity contribution in [3.63, 3.8) is 0 Å². The van der Waals surface area contributed by atoms with Gasteiger partial charge in [-0.2, -0.15) is 0 Å². The fourth-order valence-corrected chi connectivity index (χ4v) is 4.51. The first kappa shape index (κ1) is 23.0. The molecule has 0 bridgehead atoms. The van der Waals surface area contributed by atoms with Crippen LogP contribution in [0.5, 0.6) is 0 Å². The summed E-state index contributed by atoms with van der Waals surface area (Å²) in [6.07, 6.45) is 5.13. The predicted octanol–water partition coefficient (Wildman–Crippen LogP) is 2.06. The van der Waals surface area contributed by atoms with Gasteiger partial charge in [0.15, 0.2) is 0 Å². The van der Waals surface area contributed by atoms with Gasteiger partial charge in [-0.25, -0.2) is 9.97 Å². The quantitative estimate of drug-likeness (QED) is 0.688. The van der Waals surface area contributed by atoms with Crippen LogP contribution in [0.4, 0.5) is 17.3 Å². The van der Waals surface area contributed by atoms with E-state index in [0.29, 0.717) is 24.0 Å². The van der Waals surface area contributed by atoms with Gasteiger partial charge in [0.2, 0.25) is 0 Å². The van der Waals surface area contributed by atoms with Crippen molar-refractivity contribution in [1.82, 2.24) is 19.8 Å². The number of nitrogen functional groups attached to an aromatic ring is 1. The molecule has 2 aliphatic rings. The second-order valence-electron chi connectivity index (χ2n) is 9.28. The highest BCUT2D eigenvalue weighted by atomic mass is 16.2. The van der Waals surface area contributed by atoms with Gasteiger partial charge in [0.05, 0.1) is 17.9 Å². The average Bonchev–Trinajstić information content (AvgIpc) is 2.81. The van der Waals surface area contributed by atoms with Crippen molar-refractivity contribution >= 4 is 29.1 Å². The number of hydrogen-bond acceptors (Lipinski definition) is 7. The third-order valence-electron chi connectivity index (χ3n) is 6.63. The van der Waals surface area contributed by atoms with Crippen molar-refractivity contribution in [3.05, 3.63) is 41.7 Å². The van der Waals surface area contributed by atoms with E-state index < -0.39 is 11.8 Å². The van der Waals surface area contributed by atoms with Gasteiger partial charge < -0.3 is 25.8 Å². The summed E-state index contributed by atoms with van der Waals surface area (Å²) in [7, 11) is 2.13. The summed E-state index contributed by atoms with van der Waals surface area (Å²) in [5.74, 6) is 0.483. The molecule has 33 heavy (non-hydrogen) atoms. The Balaban J connectivity index is 1.48. The van der Waals surface area contributed by atoms with Gasteiger partial charge in [-0.05, 0) is 56.0 Å². The molecule has 176 valence electrons. The largest absolute Gasteiger partial charge is 0.383 e. The second-order valence-corrected chi connectivity index (χ2v) is 9.28. The standard InChI is InChI=1S/C24H33N7O2/c1-16-4-6-20(18-5-7-21(26-13-18)30-10-8-29(3)9-11-30)31(15-16)24(33)23(32)28-19-12-17(2)22(25)27-14-19/h5,7,12-14,16,20H,4,6,8-11,15H2,1-3H3,(H2,25,27)(H,28,32)/t16-,20+/m1/s1. The number of piperazine rings is 1. The maximum atomic E-state index is 13.2. The van der Waals surface area contributed by atoms with Crippen molar-refractivity contribution in [2.75, 3.05) is 55.7 Å². The Labute approximate surface area is 195 Å². The highest BCUT2D eigenvalue weighted by Gasteiger charge is 2.34. The van der Waals surface area contributed by atoms with Crippen LogP contribution in [0.2, 0.25) is 0 Å². The summed E-state index contributed by atoms with van der Waals surface area (Å²) in [5.41, 5.74) is 7.92. The van der Waals surface area contributed by atoms with Gasteiger partial charge >= 0.3 is 11.8 Å². The van der Waals surface area contributed by atoms with E-state index in [9.17, 15) is 9.59 Å². The number of aryl methyl sites for hydroxylation is 1. The van der Waals surface area contributed by atoms with Crippen LogP contribution < -0.4 is 16.0 Å². The maximum absolute atomic E-state index is 13.2. The fraction of sp³-hybridized carbons (Fsp3) is 0.500. The van der Waals surface area contributed by atoms with Gasteiger partial charge in [0, 0.05) is 38.9 Å². The number of carbonyl (C=O) groups is 2. The van der Waals surface area contributed by atoms with Crippen LogP contribution in [0.1, 0.15) is 36.9 Å². The number of likely N-dealkylation sites (N-methyl/N-ethyl adjacent to an activating group) is 1. The third-order valence-corrected chi connectivity index (χ3v) is 6.63. The zero-order valence-electron chi connectivity index (χ0n) is 19.6. The lowest BCUT2D eigenvalue weighted by Gasteiger charge is -2.38. The lowest BCUT2D eigenvalue weighted by Crippen LogP contribution is -2.46. The summed E-state index contributed by atoms with van der Waals surface area (Å²) >= 11 is 0. The topological polar surface area (TPSA) is 108 Å². The predicted molar refractivity (Wildman–Crippen MR) is 129 cm³/mol. The smallest absolute Gasteiger partial charge is 0.313 e. The number of aromatic nitrogens is 2. The maximum Gasteiger partial charge on any atom is 0.313 e. The van der Waals surface area contributed by atoms with Crippen LogP contribution in [-0.2, 0) is 9.59 Å². The Kier molecular flexibility index (Phi) is 6.78. The normalized spacial score (nSPS) is 21.7. The van der Waals surface area contributed by atoms with Crippen molar-refractivity contribution < 1.29 is 9.59 Å². The van der Waals surface area contributed by atoms with Crippen LogP contribution in [0.25, 0.3) is 0 Å². The first-order valence-corrected chi connectivity index (χ1v) is 11.6. The Bertz CT molecular complexity index is 1000. The molecule has 2 fully saturated rings. The molecule has 4 rings (SSSR count). The fourth-order valence-electron chi connectivity index (χ4n) is 4.51. The lowest BCUT2D eigenvalue weighted by atomic mass is 9.90. The highest BCUT2D eigenvalue weighted by Crippen LogP contribution is 2.34.